The van der Waals surface area contributed by atoms with Crippen molar-refractivity contribution in [3.63, 3.8) is 0 Å². The first kappa shape index (κ1) is 19.5. The summed E-state index contributed by atoms with van der Waals surface area (Å²) in [5.41, 5.74) is 1.91. The van der Waals surface area contributed by atoms with Gasteiger partial charge in [-0.25, -0.2) is 9.97 Å². The van der Waals surface area contributed by atoms with E-state index in [1.54, 1.807) is 11.8 Å². The number of rotatable bonds is 5. The lowest BCUT2D eigenvalue weighted by Gasteiger charge is -2.26. The van der Waals surface area contributed by atoms with Gasteiger partial charge in [-0.05, 0) is 17.9 Å². The summed E-state index contributed by atoms with van der Waals surface area (Å²) in [6.45, 7) is 3.18. The molecule has 1 aromatic carbocycles. The molecular weight excluding hydrogens is 406 g/mol. The SMILES string of the molecule is CCSc1ccccc1C(=O)N1CCc2nc(NC(=O)c3cnccn3)sc2C1. The van der Waals surface area contributed by atoms with E-state index in [1.165, 1.54) is 29.9 Å². The summed E-state index contributed by atoms with van der Waals surface area (Å²) >= 11 is 3.07. The molecule has 1 aliphatic heterocycles. The number of nitrogens with zero attached hydrogens (tertiary/aromatic N) is 4. The van der Waals surface area contributed by atoms with Crippen LogP contribution >= 0.6 is 23.1 Å². The number of hydrogen-bond donors (Lipinski definition) is 1. The molecule has 0 saturated carbocycles. The first-order chi connectivity index (χ1) is 14.2. The second-order valence-electron chi connectivity index (χ2n) is 6.34. The van der Waals surface area contributed by atoms with Gasteiger partial charge in [0.2, 0.25) is 0 Å². The van der Waals surface area contributed by atoms with Crippen molar-refractivity contribution in [1.29, 1.82) is 0 Å². The van der Waals surface area contributed by atoms with E-state index < -0.39 is 0 Å². The Morgan fingerprint density at radius 3 is 2.93 bits per heavy atom. The third-order valence-corrected chi connectivity index (χ3v) is 6.41. The molecule has 9 heteroatoms. The van der Waals surface area contributed by atoms with Gasteiger partial charge in [-0.3, -0.25) is 19.9 Å². The number of amides is 2. The number of thioether (sulfide) groups is 1. The average molecular weight is 426 g/mol. The highest BCUT2D eigenvalue weighted by Crippen LogP contribution is 2.30. The van der Waals surface area contributed by atoms with Crippen molar-refractivity contribution in [2.24, 2.45) is 0 Å². The molecule has 0 saturated heterocycles. The summed E-state index contributed by atoms with van der Waals surface area (Å²) in [4.78, 5) is 41.6. The van der Waals surface area contributed by atoms with E-state index in [-0.39, 0.29) is 17.5 Å². The van der Waals surface area contributed by atoms with Gasteiger partial charge in [0.15, 0.2) is 5.13 Å². The molecule has 0 spiro atoms. The van der Waals surface area contributed by atoms with Crippen LogP contribution in [-0.4, -0.2) is 44.0 Å². The molecule has 4 rings (SSSR count). The van der Waals surface area contributed by atoms with Crippen molar-refractivity contribution < 1.29 is 9.59 Å². The standard InChI is InChI=1S/C20H19N5O2S2/c1-2-28-16-6-4-3-5-13(16)19(27)25-10-7-14-17(12-25)29-20(23-14)24-18(26)15-11-21-8-9-22-15/h3-6,8-9,11H,2,7,10,12H2,1H3,(H,23,24,26). The van der Waals surface area contributed by atoms with Crippen LogP contribution in [0.3, 0.4) is 0 Å². The number of anilines is 1. The van der Waals surface area contributed by atoms with Crippen LogP contribution in [0, 0.1) is 0 Å². The Balaban J connectivity index is 1.48. The molecular formula is C20H19N5O2S2. The summed E-state index contributed by atoms with van der Waals surface area (Å²) < 4.78 is 0. The minimum atomic E-state index is -0.345. The van der Waals surface area contributed by atoms with E-state index in [9.17, 15) is 9.59 Å². The van der Waals surface area contributed by atoms with Crippen LogP contribution in [0.5, 0.6) is 0 Å². The molecule has 3 heterocycles. The summed E-state index contributed by atoms with van der Waals surface area (Å²) in [5, 5.41) is 3.29. The number of nitrogens with one attached hydrogen (secondary N) is 1. The van der Waals surface area contributed by atoms with E-state index in [2.05, 4.69) is 27.2 Å². The van der Waals surface area contributed by atoms with Crippen LogP contribution in [0.2, 0.25) is 0 Å². The number of fused-ring (bicyclic) bond motifs is 1. The van der Waals surface area contributed by atoms with Gasteiger partial charge in [0.25, 0.3) is 11.8 Å². The predicted octanol–water partition coefficient (Wildman–Crippen LogP) is 3.50. The first-order valence-electron chi connectivity index (χ1n) is 9.22. The molecule has 3 aromatic rings. The lowest BCUT2D eigenvalue weighted by Crippen LogP contribution is -2.35. The third-order valence-electron chi connectivity index (χ3n) is 4.45. The Hall–Kier alpha value is -2.78. The molecule has 2 aromatic heterocycles. The van der Waals surface area contributed by atoms with Crippen molar-refractivity contribution >= 4 is 40.0 Å². The maximum absolute atomic E-state index is 13.1. The number of carbonyl (C=O) groups excluding carboxylic acids is 2. The fourth-order valence-corrected chi connectivity index (χ4v) is 4.91. The summed E-state index contributed by atoms with van der Waals surface area (Å²) in [6.07, 6.45) is 5.07. The van der Waals surface area contributed by atoms with E-state index in [0.717, 1.165) is 26.8 Å². The Kier molecular flexibility index (Phi) is 5.86. The van der Waals surface area contributed by atoms with Gasteiger partial charge in [-0.2, -0.15) is 0 Å². The molecule has 0 aliphatic carbocycles. The Labute approximate surface area is 176 Å². The fraction of sp³-hybridized carbons (Fsp3) is 0.250. The maximum Gasteiger partial charge on any atom is 0.277 e. The van der Waals surface area contributed by atoms with Gasteiger partial charge in [-0.1, -0.05) is 30.4 Å². The van der Waals surface area contributed by atoms with E-state index in [4.69, 9.17) is 0 Å². The van der Waals surface area contributed by atoms with Gasteiger partial charge < -0.3 is 4.90 Å². The van der Waals surface area contributed by atoms with Gasteiger partial charge in [0, 0.05) is 35.1 Å². The maximum atomic E-state index is 13.1. The molecule has 7 nitrogen and oxygen atoms in total. The molecule has 0 unspecified atom stereocenters. The van der Waals surface area contributed by atoms with Crippen molar-refractivity contribution in [3.05, 3.63) is 64.7 Å². The largest absolute Gasteiger partial charge is 0.333 e. The van der Waals surface area contributed by atoms with Gasteiger partial charge in [0.05, 0.1) is 24.0 Å². The smallest absolute Gasteiger partial charge is 0.277 e. The zero-order valence-electron chi connectivity index (χ0n) is 15.8. The van der Waals surface area contributed by atoms with Crippen LogP contribution in [-0.2, 0) is 13.0 Å². The van der Waals surface area contributed by atoms with E-state index in [0.29, 0.717) is 24.6 Å². The van der Waals surface area contributed by atoms with Gasteiger partial charge in [-0.15, -0.1) is 11.8 Å². The summed E-state index contributed by atoms with van der Waals surface area (Å²) in [7, 11) is 0. The molecule has 1 aliphatic rings. The van der Waals surface area contributed by atoms with Gasteiger partial charge >= 0.3 is 0 Å². The number of carbonyl (C=O) groups is 2. The number of aromatic nitrogens is 3. The Bertz CT molecular complexity index is 1040. The lowest BCUT2D eigenvalue weighted by atomic mass is 10.1. The Morgan fingerprint density at radius 2 is 2.14 bits per heavy atom. The molecule has 0 radical (unpaired) electrons. The zero-order chi connectivity index (χ0) is 20.2. The second kappa shape index (κ2) is 8.71. The zero-order valence-corrected chi connectivity index (χ0v) is 17.4. The fourth-order valence-electron chi connectivity index (χ4n) is 3.09. The van der Waals surface area contributed by atoms with Crippen molar-refractivity contribution in [2.75, 3.05) is 17.6 Å². The van der Waals surface area contributed by atoms with Crippen LogP contribution in [0.15, 0.2) is 47.8 Å². The van der Waals surface area contributed by atoms with Crippen LogP contribution in [0.1, 0.15) is 38.3 Å². The Morgan fingerprint density at radius 1 is 1.28 bits per heavy atom. The lowest BCUT2D eigenvalue weighted by molar-refractivity contribution is 0.0732. The highest BCUT2D eigenvalue weighted by atomic mass is 32.2. The van der Waals surface area contributed by atoms with Crippen molar-refractivity contribution in [3.8, 4) is 0 Å². The topological polar surface area (TPSA) is 88.1 Å². The molecule has 0 atom stereocenters. The minimum absolute atomic E-state index is 0.0331. The first-order valence-corrected chi connectivity index (χ1v) is 11.0. The highest BCUT2D eigenvalue weighted by molar-refractivity contribution is 7.99. The van der Waals surface area contributed by atoms with Crippen LogP contribution < -0.4 is 5.32 Å². The normalized spacial score (nSPS) is 13.1. The molecule has 29 heavy (non-hydrogen) atoms. The van der Waals surface area contributed by atoms with Crippen LogP contribution in [0.25, 0.3) is 0 Å². The monoisotopic (exact) mass is 425 g/mol. The molecule has 148 valence electrons. The molecule has 0 fully saturated rings. The average Bonchev–Trinajstić information content (AvgIpc) is 3.16. The number of thiazole rings is 1. The van der Waals surface area contributed by atoms with Crippen LogP contribution in [0.4, 0.5) is 5.13 Å². The third kappa shape index (κ3) is 4.30. The highest BCUT2D eigenvalue weighted by Gasteiger charge is 2.26. The minimum Gasteiger partial charge on any atom is -0.333 e. The number of hydrogen-bond acceptors (Lipinski definition) is 7. The summed E-state index contributed by atoms with van der Waals surface area (Å²) in [6, 6.07) is 7.73. The van der Waals surface area contributed by atoms with E-state index in [1.807, 2.05) is 29.2 Å². The molecule has 0 bridgehead atoms. The van der Waals surface area contributed by atoms with Gasteiger partial charge in [0.1, 0.15) is 5.69 Å². The molecule has 2 amide bonds. The predicted molar refractivity (Wildman–Crippen MR) is 113 cm³/mol. The second-order valence-corrected chi connectivity index (χ2v) is 8.73. The quantitative estimate of drug-likeness (QED) is 0.630. The van der Waals surface area contributed by atoms with Crippen molar-refractivity contribution in [1.82, 2.24) is 19.9 Å². The summed E-state index contributed by atoms with van der Waals surface area (Å²) in [5.74, 6) is 0.603. The van der Waals surface area contributed by atoms with Crippen molar-refractivity contribution in [2.45, 2.75) is 24.8 Å². The molecule has 1 N–H and O–H groups in total. The van der Waals surface area contributed by atoms with E-state index >= 15 is 0 Å². The number of benzene rings is 1.